The Bertz CT molecular complexity index is 1400. The fraction of sp³-hybridized carbons (Fsp3) is 0.0870. The molecule has 1 aromatic carbocycles. The Balaban J connectivity index is 0.00000231. The van der Waals surface area contributed by atoms with Gasteiger partial charge < -0.3 is 18.8 Å². The molecule has 0 bridgehead atoms. The van der Waals surface area contributed by atoms with Crippen LogP contribution in [0.4, 0.5) is 0 Å². The van der Waals surface area contributed by atoms with E-state index in [-0.39, 0.29) is 12.4 Å². The fourth-order valence-corrected chi connectivity index (χ4v) is 3.35. The van der Waals surface area contributed by atoms with Crippen molar-refractivity contribution in [3.8, 4) is 17.2 Å². The van der Waals surface area contributed by atoms with Crippen LogP contribution in [0.15, 0.2) is 89.1 Å². The number of hydrogen-bond acceptors (Lipinski definition) is 6. The molecule has 0 unspecified atom stereocenters. The Hall–Kier alpha value is -3.84. The van der Waals surface area contributed by atoms with Gasteiger partial charge in [0.25, 0.3) is 0 Å². The first-order valence-electron chi connectivity index (χ1n) is 9.51. The van der Waals surface area contributed by atoms with E-state index in [1.54, 1.807) is 24.8 Å². The molecule has 0 saturated carbocycles. The second-order valence-electron chi connectivity index (χ2n) is 6.82. The Morgan fingerprint density at radius 1 is 1.06 bits per heavy atom. The highest BCUT2D eigenvalue weighted by molar-refractivity contribution is 5.85. The molecule has 4 heterocycles. The molecule has 0 spiro atoms. The Morgan fingerprint density at radius 2 is 1.94 bits per heavy atom. The van der Waals surface area contributed by atoms with Gasteiger partial charge in [0.2, 0.25) is 0 Å². The van der Waals surface area contributed by atoms with Crippen molar-refractivity contribution in [2.75, 3.05) is 6.61 Å². The van der Waals surface area contributed by atoms with E-state index in [0.717, 1.165) is 17.5 Å². The molecule has 4 aromatic heterocycles. The van der Waals surface area contributed by atoms with Crippen molar-refractivity contribution >= 4 is 28.9 Å². The monoisotopic (exact) mass is 434 g/mol. The summed E-state index contributed by atoms with van der Waals surface area (Å²) in [5.41, 5.74) is 3.39. The number of benzene rings is 1. The van der Waals surface area contributed by atoms with Crippen LogP contribution in [-0.4, -0.2) is 26.2 Å². The molecule has 5 rings (SSSR count). The average molecular weight is 435 g/mol. The number of fused-ring (bicyclic) bond motifs is 2. The standard InChI is InChI=1S/C23H18N4O3.ClH/c28-26-20-14-23(21-12-17-2-1-10-27(17)15-25-21)30-22-4-3-18(13-19(20)22)29-11-7-16-5-8-24-9-6-16;/h1-6,8-10,12-15,28H,7,11H2;1H. The molecule has 0 amide bonds. The van der Waals surface area contributed by atoms with Crippen LogP contribution in [0.5, 0.6) is 5.75 Å². The molecule has 0 fully saturated rings. The van der Waals surface area contributed by atoms with Crippen LogP contribution in [0, 0.1) is 0 Å². The van der Waals surface area contributed by atoms with Crippen molar-refractivity contribution in [2.24, 2.45) is 5.16 Å². The third-order valence-electron chi connectivity index (χ3n) is 4.90. The molecular weight excluding hydrogens is 416 g/mol. The third kappa shape index (κ3) is 4.22. The van der Waals surface area contributed by atoms with Gasteiger partial charge in [0, 0.05) is 36.6 Å². The van der Waals surface area contributed by atoms with Crippen LogP contribution in [-0.2, 0) is 6.42 Å². The zero-order valence-corrected chi connectivity index (χ0v) is 17.2. The molecule has 0 aliphatic rings. The minimum Gasteiger partial charge on any atom is -0.493 e. The molecule has 8 heteroatoms. The molecular formula is C23H19ClN4O3. The van der Waals surface area contributed by atoms with E-state index in [1.165, 1.54) is 0 Å². The molecule has 5 aromatic rings. The van der Waals surface area contributed by atoms with E-state index < -0.39 is 0 Å². The van der Waals surface area contributed by atoms with Gasteiger partial charge >= 0.3 is 0 Å². The summed E-state index contributed by atoms with van der Waals surface area (Å²) in [6.07, 6.45) is 7.95. The normalized spacial score (nSPS) is 11.5. The maximum Gasteiger partial charge on any atom is 0.155 e. The smallest absolute Gasteiger partial charge is 0.155 e. The number of ether oxygens (including phenoxy) is 1. The van der Waals surface area contributed by atoms with Gasteiger partial charge in [-0.1, -0.05) is 5.16 Å². The Labute approximate surface area is 183 Å². The van der Waals surface area contributed by atoms with Crippen molar-refractivity contribution in [2.45, 2.75) is 6.42 Å². The third-order valence-corrected chi connectivity index (χ3v) is 4.90. The van der Waals surface area contributed by atoms with Gasteiger partial charge in [-0.3, -0.25) is 4.98 Å². The molecule has 156 valence electrons. The zero-order chi connectivity index (χ0) is 20.3. The second kappa shape index (κ2) is 8.89. The van der Waals surface area contributed by atoms with Gasteiger partial charge in [-0.05, 0) is 54.1 Å². The highest BCUT2D eigenvalue weighted by Gasteiger charge is 2.10. The van der Waals surface area contributed by atoms with E-state index in [9.17, 15) is 5.21 Å². The van der Waals surface area contributed by atoms with Crippen LogP contribution in [0.1, 0.15) is 5.56 Å². The molecule has 31 heavy (non-hydrogen) atoms. The van der Waals surface area contributed by atoms with Crippen molar-refractivity contribution in [1.82, 2.24) is 14.4 Å². The lowest BCUT2D eigenvalue weighted by Crippen LogP contribution is -2.05. The maximum atomic E-state index is 9.57. The number of hydrogen-bond donors (Lipinski definition) is 1. The molecule has 1 N–H and O–H groups in total. The van der Waals surface area contributed by atoms with Crippen LogP contribution < -0.4 is 10.1 Å². The summed E-state index contributed by atoms with van der Waals surface area (Å²) in [7, 11) is 0. The number of pyridine rings is 1. The number of nitrogens with zero attached hydrogens (tertiary/aromatic N) is 4. The summed E-state index contributed by atoms with van der Waals surface area (Å²) >= 11 is 0. The van der Waals surface area contributed by atoms with Crippen molar-refractivity contribution in [1.29, 1.82) is 0 Å². The van der Waals surface area contributed by atoms with Crippen molar-refractivity contribution < 1.29 is 14.4 Å². The molecule has 7 nitrogen and oxygen atoms in total. The summed E-state index contributed by atoms with van der Waals surface area (Å²) in [6.45, 7) is 0.525. The first-order chi connectivity index (χ1) is 14.8. The summed E-state index contributed by atoms with van der Waals surface area (Å²) in [4.78, 5) is 8.45. The van der Waals surface area contributed by atoms with Gasteiger partial charge in [0.15, 0.2) is 5.76 Å². The van der Waals surface area contributed by atoms with Crippen LogP contribution >= 0.6 is 12.4 Å². The highest BCUT2D eigenvalue weighted by atomic mass is 35.5. The molecule has 0 aliphatic carbocycles. The quantitative estimate of drug-likeness (QED) is 0.325. The highest BCUT2D eigenvalue weighted by Crippen LogP contribution is 2.24. The van der Waals surface area contributed by atoms with E-state index in [4.69, 9.17) is 9.15 Å². The number of aromatic nitrogens is 3. The van der Waals surface area contributed by atoms with E-state index >= 15 is 0 Å². The van der Waals surface area contributed by atoms with Gasteiger partial charge in [0.05, 0.1) is 18.3 Å². The lowest BCUT2D eigenvalue weighted by Gasteiger charge is -2.08. The molecule has 0 saturated heterocycles. The topological polar surface area (TPSA) is 85.2 Å². The first-order valence-corrected chi connectivity index (χ1v) is 9.51. The van der Waals surface area contributed by atoms with E-state index in [2.05, 4.69) is 15.1 Å². The maximum absolute atomic E-state index is 9.57. The van der Waals surface area contributed by atoms with Crippen molar-refractivity contribution in [3.63, 3.8) is 0 Å². The van der Waals surface area contributed by atoms with Gasteiger partial charge in [0.1, 0.15) is 22.4 Å². The van der Waals surface area contributed by atoms with Gasteiger partial charge in [-0.2, -0.15) is 0 Å². The van der Waals surface area contributed by atoms with Crippen LogP contribution in [0.3, 0.4) is 0 Å². The van der Waals surface area contributed by atoms with E-state index in [1.807, 2.05) is 59.1 Å². The largest absolute Gasteiger partial charge is 0.493 e. The minimum atomic E-state index is 0. The number of halogens is 1. The van der Waals surface area contributed by atoms with E-state index in [0.29, 0.717) is 40.1 Å². The molecule has 0 aliphatic heterocycles. The van der Waals surface area contributed by atoms with Crippen LogP contribution in [0.25, 0.3) is 27.9 Å². The summed E-state index contributed by atoms with van der Waals surface area (Å²) < 4.78 is 13.8. The predicted molar refractivity (Wildman–Crippen MR) is 118 cm³/mol. The Kier molecular flexibility index (Phi) is 5.86. The van der Waals surface area contributed by atoms with Crippen LogP contribution in [0.2, 0.25) is 0 Å². The lowest BCUT2D eigenvalue weighted by molar-refractivity contribution is 0.302. The summed E-state index contributed by atoms with van der Waals surface area (Å²) in [5, 5.41) is 14.1. The first kappa shape index (κ1) is 20.4. The SMILES string of the molecule is Cl.ON=c1cc(-c2cc3cccn3cn2)oc2ccc(OCCc3ccncc3)cc12. The Morgan fingerprint density at radius 3 is 2.77 bits per heavy atom. The fourth-order valence-electron chi connectivity index (χ4n) is 3.35. The summed E-state index contributed by atoms with van der Waals surface area (Å²) in [6, 6.07) is 16.9. The number of rotatable bonds is 5. The van der Waals surface area contributed by atoms with Crippen molar-refractivity contribution in [3.05, 3.63) is 90.4 Å². The minimum absolute atomic E-state index is 0. The van der Waals surface area contributed by atoms with Gasteiger partial charge in [-0.25, -0.2) is 4.98 Å². The summed E-state index contributed by atoms with van der Waals surface area (Å²) in [5.74, 6) is 1.20. The predicted octanol–water partition coefficient (Wildman–Crippen LogP) is 4.48. The van der Waals surface area contributed by atoms with Gasteiger partial charge in [-0.15, -0.1) is 12.4 Å². The zero-order valence-electron chi connectivity index (χ0n) is 16.4. The second-order valence-corrected chi connectivity index (χ2v) is 6.82. The lowest BCUT2D eigenvalue weighted by atomic mass is 10.2. The average Bonchev–Trinajstić information content (AvgIpc) is 3.27. The molecule has 0 atom stereocenters. The molecule has 0 radical (unpaired) electrons.